The van der Waals surface area contributed by atoms with E-state index < -0.39 is 0 Å². The number of nitrogens with zero attached hydrogens (tertiary/aromatic N) is 3. The topological polar surface area (TPSA) is 98.7 Å². The number of carbonyl (C=O) groups excluding carboxylic acids is 3. The Labute approximate surface area is 248 Å². The number of piperidine rings is 1. The summed E-state index contributed by atoms with van der Waals surface area (Å²) >= 11 is 0. The first-order valence-corrected chi connectivity index (χ1v) is 14.4. The summed E-state index contributed by atoms with van der Waals surface area (Å²) in [4.78, 5) is 48.3. The number of likely N-dealkylation sites (tertiary alicyclic amines) is 1. The number of ketones is 2. The third-order valence-corrected chi connectivity index (χ3v) is 7.62. The summed E-state index contributed by atoms with van der Waals surface area (Å²) < 4.78 is 24.8. The van der Waals surface area contributed by atoms with Gasteiger partial charge in [-0.2, -0.15) is 0 Å². The molecule has 4 aromatic rings. The van der Waals surface area contributed by atoms with Gasteiger partial charge in [0.25, 0.3) is 5.91 Å². The van der Waals surface area contributed by atoms with E-state index in [2.05, 4.69) is 9.97 Å². The molecular weight excluding hydrogens is 549 g/mol. The summed E-state index contributed by atoms with van der Waals surface area (Å²) in [6.07, 6.45) is 6.44. The van der Waals surface area contributed by atoms with E-state index in [1.165, 1.54) is 30.5 Å². The third-order valence-electron chi connectivity index (χ3n) is 7.62. The normalized spacial score (nSPS) is 15.1. The van der Waals surface area contributed by atoms with Crippen molar-refractivity contribution in [3.05, 3.63) is 113 Å². The Hall–Kier alpha value is -4.92. The van der Waals surface area contributed by atoms with E-state index in [0.29, 0.717) is 48.7 Å². The molecule has 2 aromatic heterocycles. The Morgan fingerprint density at radius 1 is 0.767 bits per heavy atom. The molecule has 43 heavy (non-hydrogen) atoms. The van der Waals surface area contributed by atoms with E-state index >= 15 is 0 Å². The lowest BCUT2D eigenvalue weighted by Gasteiger charge is -2.32. The van der Waals surface area contributed by atoms with E-state index in [1.54, 1.807) is 35.4 Å². The summed E-state index contributed by atoms with van der Waals surface area (Å²) in [6.45, 7) is 1.08. The van der Waals surface area contributed by atoms with Crippen LogP contribution in [0, 0.1) is 11.7 Å². The largest absolute Gasteiger partial charge is 0.490 e. The Morgan fingerprint density at radius 2 is 1.47 bits per heavy atom. The van der Waals surface area contributed by atoms with Gasteiger partial charge in [-0.05, 0) is 79.1 Å². The SMILES string of the molecule is O=C(Cc1ccc(Oc2ccc(F)cc2)nc1)c1ccc(C(=O)N2CCC(Oc3ccc(C(=O)C4CC4)cc3)CC2)nc1. The zero-order chi connectivity index (χ0) is 29.8. The molecule has 1 aliphatic carbocycles. The Bertz CT molecular complexity index is 1590. The first kappa shape index (κ1) is 28.2. The van der Waals surface area contributed by atoms with E-state index in [1.807, 2.05) is 24.3 Å². The molecule has 1 amide bonds. The second kappa shape index (κ2) is 12.5. The zero-order valence-electron chi connectivity index (χ0n) is 23.4. The molecule has 0 atom stereocenters. The minimum absolute atomic E-state index is 0.0139. The fraction of sp³-hybridized carbons (Fsp3) is 0.265. The molecule has 0 radical (unpaired) electrons. The van der Waals surface area contributed by atoms with Crippen LogP contribution in [0.5, 0.6) is 17.4 Å². The predicted molar refractivity (Wildman–Crippen MR) is 156 cm³/mol. The molecule has 2 aromatic carbocycles. The number of benzene rings is 2. The van der Waals surface area contributed by atoms with Gasteiger partial charge in [0.1, 0.15) is 29.1 Å². The van der Waals surface area contributed by atoms with Crippen LogP contribution in [0.15, 0.2) is 85.2 Å². The Kier molecular flexibility index (Phi) is 8.22. The number of amides is 1. The highest BCUT2D eigenvalue weighted by Crippen LogP contribution is 2.33. The molecule has 1 aliphatic heterocycles. The van der Waals surface area contributed by atoms with E-state index in [9.17, 15) is 18.8 Å². The van der Waals surface area contributed by atoms with Crippen LogP contribution < -0.4 is 9.47 Å². The maximum absolute atomic E-state index is 13.1. The molecule has 0 unspecified atom stereocenters. The van der Waals surface area contributed by atoms with Crippen LogP contribution in [0.4, 0.5) is 4.39 Å². The van der Waals surface area contributed by atoms with Gasteiger partial charge >= 0.3 is 0 Å². The average molecular weight is 580 g/mol. The van der Waals surface area contributed by atoms with Gasteiger partial charge in [0.05, 0.1) is 0 Å². The van der Waals surface area contributed by atoms with Crippen molar-refractivity contribution in [2.45, 2.75) is 38.2 Å². The van der Waals surface area contributed by atoms with Gasteiger partial charge in [-0.3, -0.25) is 19.4 Å². The van der Waals surface area contributed by atoms with Crippen LogP contribution >= 0.6 is 0 Å². The second-order valence-electron chi connectivity index (χ2n) is 10.9. The maximum atomic E-state index is 13.1. The van der Waals surface area contributed by atoms with Crippen molar-refractivity contribution in [2.75, 3.05) is 13.1 Å². The summed E-state index contributed by atoms with van der Waals surface area (Å²) in [5.74, 6) is 1.24. The average Bonchev–Trinajstić information content (AvgIpc) is 3.89. The first-order chi connectivity index (χ1) is 20.9. The van der Waals surface area contributed by atoms with Crippen LogP contribution in [-0.4, -0.2) is 51.5 Å². The number of hydrogen-bond donors (Lipinski definition) is 0. The lowest BCUT2D eigenvalue weighted by atomic mass is 10.0. The molecule has 218 valence electrons. The number of pyridine rings is 2. The summed E-state index contributed by atoms with van der Waals surface area (Å²) in [5, 5.41) is 0. The van der Waals surface area contributed by atoms with E-state index in [-0.39, 0.29) is 47.4 Å². The highest BCUT2D eigenvalue weighted by atomic mass is 19.1. The van der Waals surface area contributed by atoms with Crippen molar-refractivity contribution >= 4 is 17.5 Å². The van der Waals surface area contributed by atoms with Crippen LogP contribution in [0.1, 0.15) is 62.5 Å². The number of rotatable bonds is 10. The third kappa shape index (κ3) is 7.12. The van der Waals surface area contributed by atoms with Crippen molar-refractivity contribution in [3.8, 4) is 17.4 Å². The molecule has 2 aliphatic rings. The van der Waals surface area contributed by atoms with Crippen LogP contribution in [0.25, 0.3) is 0 Å². The number of aromatic nitrogens is 2. The molecule has 8 nitrogen and oxygen atoms in total. The number of carbonyl (C=O) groups is 3. The lowest BCUT2D eigenvalue weighted by molar-refractivity contribution is 0.0589. The fourth-order valence-corrected chi connectivity index (χ4v) is 4.98. The maximum Gasteiger partial charge on any atom is 0.272 e. The monoisotopic (exact) mass is 579 g/mol. The molecule has 0 spiro atoms. The smallest absolute Gasteiger partial charge is 0.272 e. The molecule has 6 rings (SSSR count). The van der Waals surface area contributed by atoms with Crippen molar-refractivity contribution in [1.82, 2.24) is 14.9 Å². The van der Waals surface area contributed by atoms with Gasteiger partial charge in [0.15, 0.2) is 11.6 Å². The van der Waals surface area contributed by atoms with Gasteiger partial charge in [-0.1, -0.05) is 6.07 Å². The first-order valence-electron chi connectivity index (χ1n) is 14.4. The number of hydrogen-bond acceptors (Lipinski definition) is 7. The van der Waals surface area contributed by atoms with Crippen LogP contribution in [0.2, 0.25) is 0 Å². The summed E-state index contributed by atoms with van der Waals surface area (Å²) in [6, 6.07) is 19.6. The molecule has 1 saturated carbocycles. The molecule has 1 saturated heterocycles. The summed E-state index contributed by atoms with van der Waals surface area (Å²) in [5.41, 5.74) is 2.12. The molecular formula is C34H30FN3O5. The molecule has 0 N–H and O–H groups in total. The second-order valence-corrected chi connectivity index (χ2v) is 10.9. The lowest BCUT2D eigenvalue weighted by Crippen LogP contribution is -2.42. The van der Waals surface area contributed by atoms with Crippen LogP contribution in [0.3, 0.4) is 0 Å². The Morgan fingerprint density at radius 3 is 2.09 bits per heavy atom. The van der Waals surface area contributed by atoms with Crippen molar-refractivity contribution in [1.29, 1.82) is 0 Å². The van der Waals surface area contributed by atoms with Gasteiger partial charge in [-0.25, -0.2) is 9.37 Å². The minimum Gasteiger partial charge on any atom is -0.490 e. The molecule has 3 heterocycles. The predicted octanol–water partition coefficient (Wildman–Crippen LogP) is 6.11. The van der Waals surface area contributed by atoms with Crippen molar-refractivity contribution in [3.63, 3.8) is 0 Å². The van der Waals surface area contributed by atoms with Gasteiger partial charge in [0, 0.05) is 67.9 Å². The van der Waals surface area contributed by atoms with Crippen LogP contribution in [-0.2, 0) is 6.42 Å². The quantitative estimate of drug-likeness (QED) is 0.209. The number of Topliss-reactive ketones (excluding diaryl/α,β-unsaturated/α-hetero) is 2. The zero-order valence-corrected chi connectivity index (χ0v) is 23.4. The van der Waals surface area contributed by atoms with Gasteiger partial charge in [-0.15, -0.1) is 0 Å². The van der Waals surface area contributed by atoms with Gasteiger partial charge in [0.2, 0.25) is 5.88 Å². The molecule has 2 fully saturated rings. The van der Waals surface area contributed by atoms with Crippen molar-refractivity contribution < 1.29 is 28.2 Å². The molecule has 9 heteroatoms. The standard InChI is InChI=1S/C34H30FN3O5/c35-26-7-11-28(12-8-26)43-32-14-1-22(20-37-32)19-31(39)25-6-13-30(36-21-25)34(41)38-17-15-29(16-18-38)42-27-9-4-24(5-10-27)33(40)23-2-3-23/h1,4-14,20-21,23,29H,2-3,15-19H2. The highest BCUT2D eigenvalue weighted by molar-refractivity contribution is 5.99. The molecule has 0 bridgehead atoms. The fourth-order valence-electron chi connectivity index (χ4n) is 4.98. The van der Waals surface area contributed by atoms with Gasteiger partial charge < -0.3 is 14.4 Å². The van der Waals surface area contributed by atoms with Crippen molar-refractivity contribution in [2.24, 2.45) is 5.92 Å². The number of ether oxygens (including phenoxy) is 2. The highest BCUT2D eigenvalue weighted by Gasteiger charge is 2.30. The summed E-state index contributed by atoms with van der Waals surface area (Å²) in [7, 11) is 0. The minimum atomic E-state index is -0.353. The van der Waals surface area contributed by atoms with E-state index in [4.69, 9.17) is 9.47 Å². The Balaban J connectivity index is 0.968. The number of halogens is 1. The van der Waals surface area contributed by atoms with E-state index in [0.717, 1.165) is 24.2 Å².